The van der Waals surface area contributed by atoms with Crippen LogP contribution in [0.5, 0.6) is 0 Å². The molecule has 1 heterocycles. The Morgan fingerprint density at radius 1 is 1.53 bits per heavy atom. The maximum absolute atomic E-state index is 11.2. The van der Waals surface area contributed by atoms with Gasteiger partial charge in [-0.1, -0.05) is 0 Å². The van der Waals surface area contributed by atoms with E-state index in [0.29, 0.717) is 19.5 Å². The first-order valence-electron chi connectivity index (χ1n) is 4.74. The smallest absolute Gasteiger partial charge is 0.223 e. The highest BCUT2D eigenvalue weighted by Gasteiger charge is 2.03. The van der Waals surface area contributed by atoms with E-state index in [-0.39, 0.29) is 5.91 Å². The largest absolute Gasteiger partial charge is 0.453 e. The minimum Gasteiger partial charge on any atom is -0.453 e. The molecule has 0 radical (unpaired) electrons. The number of carbonyl (C=O) groups is 1. The Morgan fingerprint density at radius 2 is 2.27 bits per heavy atom. The summed E-state index contributed by atoms with van der Waals surface area (Å²) in [5.74, 6) is 0.988. The van der Waals surface area contributed by atoms with E-state index in [1.54, 1.807) is 19.0 Å². The van der Waals surface area contributed by atoms with Gasteiger partial charge < -0.3 is 14.6 Å². The van der Waals surface area contributed by atoms with Gasteiger partial charge in [0.15, 0.2) is 4.67 Å². The van der Waals surface area contributed by atoms with Gasteiger partial charge in [-0.3, -0.25) is 4.79 Å². The molecule has 0 fully saturated rings. The zero-order valence-corrected chi connectivity index (χ0v) is 10.5. The molecule has 0 saturated heterocycles. The van der Waals surface area contributed by atoms with Gasteiger partial charge in [0.2, 0.25) is 5.91 Å². The second-order valence-electron chi connectivity index (χ2n) is 3.42. The molecule has 84 valence electrons. The van der Waals surface area contributed by atoms with Crippen LogP contribution >= 0.6 is 15.9 Å². The van der Waals surface area contributed by atoms with Gasteiger partial charge in [0.25, 0.3) is 0 Å². The third-order valence-electron chi connectivity index (χ3n) is 1.94. The van der Waals surface area contributed by atoms with Crippen LogP contribution in [0.3, 0.4) is 0 Å². The summed E-state index contributed by atoms with van der Waals surface area (Å²) in [6.07, 6.45) is 0.509. The Hall–Kier alpha value is -0.810. The van der Waals surface area contributed by atoms with E-state index in [0.717, 1.165) is 10.4 Å². The summed E-state index contributed by atoms with van der Waals surface area (Å²) < 4.78 is 6.02. The maximum Gasteiger partial charge on any atom is 0.223 e. The molecule has 1 aromatic heterocycles. The fourth-order valence-corrected chi connectivity index (χ4v) is 1.42. The Bertz CT molecular complexity index is 323. The molecule has 0 aliphatic carbocycles. The number of rotatable bonds is 5. The van der Waals surface area contributed by atoms with Gasteiger partial charge in [-0.2, -0.15) is 0 Å². The molecule has 0 aliphatic heterocycles. The molecule has 1 rings (SSSR count). The van der Waals surface area contributed by atoms with Gasteiger partial charge in [-0.15, -0.1) is 0 Å². The highest BCUT2D eigenvalue weighted by atomic mass is 79.9. The van der Waals surface area contributed by atoms with Crippen molar-refractivity contribution in [2.75, 3.05) is 20.6 Å². The third-order valence-corrected chi connectivity index (χ3v) is 2.37. The molecular formula is C10H15BrN2O2. The van der Waals surface area contributed by atoms with Crippen molar-refractivity contribution >= 4 is 21.8 Å². The number of nitrogens with one attached hydrogen (secondary N) is 1. The summed E-state index contributed by atoms with van der Waals surface area (Å²) >= 11 is 3.23. The van der Waals surface area contributed by atoms with Crippen molar-refractivity contribution in [2.24, 2.45) is 0 Å². The predicted molar refractivity (Wildman–Crippen MR) is 61.4 cm³/mol. The first-order valence-corrected chi connectivity index (χ1v) is 5.54. The van der Waals surface area contributed by atoms with Crippen molar-refractivity contribution in [3.63, 3.8) is 0 Å². The van der Waals surface area contributed by atoms with Crippen LogP contribution in [-0.4, -0.2) is 31.4 Å². The van der Waals surface area contributed by atoms with Crippen molar-refractivity contribution in [3.8, 4) is 0 Å². The molecule has 0 spiro atoms. The topological polar surface area (TPSA) is 45.5 Å². The molecule has 15 heavy (non-hydrogen) atoms. The van der Waals surface area contributed by atoms with Crippen molar-refractivity contribution in [1.29, 1.82) is 0 Å². The zero-order valence-electron chi connectivity index (χ0n) is 8.92. The monoisotopic (exact) mass is 274 g/mol. The Kier molecular flexibility index (Phi) is 4.84. The SMILES string of the molecule is CN(C)C(=O)CCNCc1ccc(Br)o1. The van der Waals surface area contributed by atoms with Gasteiger partial charge in [-0.05, 0) is 28.1 Å². The number of amides is 1. The minimum atomic E-state index is 0.128. The average molecular weight is 275 g/mol. The van der Waals surface area contributed by atoms with E-state index in [4.69, 9.17) is 4.42 Å². The normalized spacial score (nSPS) is 10.3. The molecule has 1 N–H and O–H groups in total. The summed E-state index contributed by atoms with van der Waals surface area (Å²) in [4.78, 5) is 12.8. The lowest BCUT2D eigenvalue weighted by Crippen LogP contribution is -2.26. The van der Waals surface area contributed by atoms with E-state index in [1.165, 1.54) is 0 Å². The fraction of sp³-hybridized carbons (Fsp3) is 0.500. The summed E-state index contributed by atoms with van der Waals surface area (Å²) in [6.45, 7) is 1.31. The summed E-state index contributed by atoms with van der Waals surface area (Å²) in [5.41, 5.74) is 0. The standard InChI is InChI=1S/C10H15BrN2O2/c1-13(2)10(14)5-6-12-7-8-3-4-9(11)15-8/h3-4,12H,5-7H2,1-2H3. The third kappa shape index (κ3) is 4.48. The maximum atomic E-state index is 11.2. The zero-order chi connectivity index (χ0) is 11.3. The molecule has 0 aliphatic rings. The van der Waals surface area contributed by atoms with Crippen LogP contribution in [0.25, 0.3) is 0 Å². The Morgan fingerprint density at radius 3 is 2.80 bits per heavy atom. The summed E-state index contributed by atoms with van der Waals surface area (Å²) in [6, 6.07) is 3.74. The van der Waals surface area contributed by atoms with E-state index >= 15 is 0 Å². The molecule has 0 unspecified atom stereocenters. The van der Waals surface area contributed by atoms with E-state index in [9.17, 15) is 4.79 Å². The van der Waals surface area contributed by atoms with Crippen molar-refractivity contribution < 1.29 is 9.21 Å². The lowest BCUT2D eigenvalue weighted by molar-refractivity contribution is -0.128. The lowest BCUT2D eigenvalue weighted by atomic mass is 10.3. The Labute approximate surface area is 97.8 Å². The quantitative estimate of drug-likeness (QED) is 0.830. The molecule has 1 amide bonds. The van der Waals surface area contributed by atoms with Gasteiger partial charge >= 0.3 is 0 Å². The van der Waals surface area contributed by atoms with Crippen LogP contribution in [0.4, 0.5) is 0 Å². The molecule has 1 aromatic rings. The van der Waals surface area contributed by atoms with E-state index in [2.05, 4.69) is 21.2 Å². The Balaban J connectivity index is 2.15. The van der Waals surface area contributed by atoms with Crippen molar-refractivity contribution in [1.82, 2.24) is 10.2 Å². The first-order chi connectivity index (χ1) is 7.09. The number of halogens is 1. The van der Waals surface area contributed by atoms with Crippen LogP contribution in [-0.2, 0) is 11.3 Å². The number of hydrogen-bond donors (Lipinski definition) is 1. The van der Waals surface area contributed by atoms with Crippen molar-refractivity contribution in [3.05, 3.63) is 22.6 Å². The molecule has 4 nitrogen and oxygen atoms in total. The average Bonchev–Trinajstić information content (AvgIpc) is 2.58. The number of carbonyl (C=O) groups excluding carboxylic acids is 1. The van der Waals surface area contributed by atoms with Crippen LogP contribution < -0.4 is 5.32 Å². The van der Waals surface area contributed by atoms with Crippen LogP contribution in [0, 0.1) is 0 Å². The van der Waals surface area contributed by atoms with Crippen LogP contribution in [0.15, 0.2) is 21.2 Å². The first kappa shape index (κ1) is 12.3. The summed E-state index contributed by atoms with van der Waals surface area (Å²) in [5, 5.41) is 3.14. The second kappa shape index (κ2) is 5.92. The van der Waals surface area contributed by atoms with Gasteiger partial charge in [-0.25, -0.2) is 0 Å². The lowest BCUT2D eigenvalue weighted by Gasteiger charge is -2.09. The predicted octanol–water partition coefficient (Wildman–Crippen LogP) is 1.61. The highest BCUT2D eigenvalue weighted by Crippen LogP contribution is 2.13. The van der Waals surface area contributed by atoms with E-state index < -0.39 is 0 Å². The van der Waals surface area contributed by atoms with Gasteiger partial charge in [0.1, 0.15) is 5.76 Å². The molecule has 0 aromatic carbocycles. The molecule has 0 bridgehead atoms. The second-order valence-corrected chi connectivity index (χ2v) is 4.20. The highest BCUT2D eigenvalue weighted by molar-refractivity contribution is 9.10. The van der Waals surface area contributed by atoms with Gasteiger partial charge in [0.05, 0.1) is 6.54 Å². The number of furan rings is 1. The van der Waals surface area contributed by atoms with Crippen molar-refractivity contribution in [2.45, 2.75) is 13.0 Å². The molecule has 0 atom stereocenters. The molecular weight excluding hydrogens is 260 g/mol. The van der Waals surface area contributed by atoms with Gasteiger partial charge in [0, 0.05) is 27.1 Å². The molecule has 0 saturated carbocycles. The van der Waals surface area contributed by atoms with Crippen LogP contribution in [0.2, 0.25) is 0 Å². The number of hydrogen-bond acceptors (Lipinski definition) is 3. The minimum absolute atomic E-state index is 0.128. The summed E-state index contributed by atoms with van der Waals surface area (Å²) in [7, 11) is 3.51. The number of nitrogens with zero attached hydrogens (tertiary/aromatic N) is 1. The molecule has 5 heteroatoms. The fourth-order valence-electron chi connectivity index (χ4n) is 1.08. The van der Waals surface area contributed by atoms with Crippen LogP contribution in [0.1, 0.15) is 12.2 Å². The van der Waals surface area contributed by atoms with E-state index in [1.807, 2.05) is 12.1 Å².